The normalized spacial score (nSPS) is 17.3. The first-order valence-electron chi connectivity index (χ1n) is 5.56. The van der Waals surface area contributed by atoms with Gasteiger partial charge in [-0.1, -0.05) is 0 Å². The molecule has 5 heteroatoms. The first-order valence-corrected chi connectivity index (χ1v) is 6.78. The van der Waals surface area contributed by atoms with E-state index in [9.17, 15) is 0 Å². The van der Waals surface area contributed by atoms with E-state index in [1.165, 1.54) is 0 Å². The molecule has 1 aromatic rings. The second-order valence-electron chi connectivity index (χ2n) is 3.88. The van der Waals surface area contributed by atoms with Gasteiger partial charge in [0.15, 0.2) is 0 Å². The van der Waals surface area contributed by atoms with Crippen LogP contribution in [0, 0.1) is 5.92 Å². The van der Waals surface area contributed by atoms with Crippen molar-refractivity contribution in [2.45, 2.75) is 17.9 Å². The summed E-state index contributed by atoms with van der Waals surface area (Å²) >= 11 is 1.63. The molecule has 1 aliphatic heterocycles. The van der Waals surface area contributed by atoms with Crippen LogP contribution in [0.1, 0.15) is 12.8 Å². The Kier molecular flexibility index (Phi) is 4.42. The van der Waals surface area contributed by atoms with Gasteiger partial charge in [0, 0.05) is 25.8 Å². The number of thioether (sulfide) groups is 1. The number of anilines is 1. The van der Waals surface area contributed by atoms with E-state index in [0.717, 1.165) is 43.4 Å². The Bertz CT molecular complexity index is 329. The summed E-state index contributed by atoms with van der Waals surface area (Å²) in [5.41, 5.74) is 0. The topological polar surface area (TPSA) is 47.0 Å². The Balaban J connectivity index is 1.83. The molecule has 0 atom stereocenters. The molecule has 16 heavy (non-hydrogen) atoms. The maximum atomic E-state index is 5.33. The van der Waals surface area contributed by atoms with Crippen LogP contribution in [-0.2, 0) is 4.74 Å². The van der Waals surface area contributed by atoms with E-state index in [0.29, 0.717) is 5.92 Å². The van der Waals surface area contributed by atoms with Crippen LogP contribution >= 0.6 is 11.8 Å². The van der Waals surface area contributed by atoms with Crippen LogP contribution in [0.2, 0.25) is 0 Å². The van der Waals surface area contributed by atoms with Gasteiger partial charge in [-0.3, -0.25) is 0 Å². The molecule has 1 N–H and O–H groups in total. The molecule has 1 aromatic heterocycles. The third-order valence-corrected chi connectivity index (χ3v) is 3.41. The monoisotopic (exact) mass is 239 g/mol. The Morgan fingerprint density at radius 1 is 1.44 bits per heavy atom. The van der Waals surface area contributed by atoms with Crippen LogP contribution in [0.25, 0.3) is 0 Å². The Morgan fingerprint density at radius 3 is 3.00 bits per heavy atom. The zero-order valence-corrected chi connectivity index (χ0v) is 10.3. The van der Waals surface area contributed by atoms with Crippen molar-refractivity contribution in [2.24, 2.45) is 5.92 Å². The van der Waals surface area contributed by atoms with Crippen molar-refractivity contribution in [1.29, 1.82) is 0 Å². The molecule has 1 saturated heterocycles. The Morgan fingerprint density at radius 2 is 2.25 bits per heavy atom. The van der Waals surface area contributed by atoms with E-state index in [1.54, 1.807) is 18.1 Å². The van der Waals surface area contributed by atoms with Gasteiger partial charge < -0.3 is 10.1 Å². The summed E-state index contributed by atoms with van der Waals surface area (Å²) in [6.45, 7) is 2.77. The molecule has 0 spiro atoms. The summed E-state index contributed by atoms with van der Waals surface area (Å²) < 4.78 is 5.33. The molecule has 2 heterocycles. The van der Waals surface area contributed by atoms with E-state index in [-0.39, 0.29) is 0 Å². The van der Waals surface area contributed by atoms with Gasteiger partial charge in [0.25, 0.3) is 0 Å². The number of ether oxygens (including phenoxy) is 1. The highest BCUT2D eigenvalue weighted by Crippen LogP contribution is 2.17. The standard InChI is InChI=1S/C11H17N3OS/c1-16-11-6-10(13-8-14-11)12-7-9-2-4-15-5-3-9/h6,8-9H,2-5,7H2,1H3,(H,12,13,14). The largest absolute Gasteiger partial charge is 0.381 e. The van der Waals surface area contributed by atoms with Crippen LogP contribution in [0.4, 0.5) is 5.82 Å². The molecule has 0 radical (unpaired) electrons. The van der Waals surface area contributed by atoms with E-state index in [1.807, 2.05) is 12.3 Å². The third-order valence-electron chi connectivity index (χ3n) is 2.76. The maximum Gasteiger partial charge on any atom is 0.130 e. The highest BCUT2D eigenvalue weighted by atomic mass is 32.2. The lowest BCUT2D eigenvalue weighted by Gasteiger charge is -2.22. The SMILES string of the molecule is CSc1cc(NCC2CCOCC2)ncn1. The molecule has 1 aliphatic rings. The maximum absolute atomic E-state index is 5.33. The minimum absolute atomic E-state index is 0.710. The van der Waals surface area contributed by atoms with Crippen molar-refractivity contribution >= 4 is 17.6 Å². The zero-order valence-electron chi connectivity index (χ0n) is 9.48. The van der Waals surface area contributed by atoms with Crippen LogP contribution in [-0.4, -0.2) is 36.0 Å². The van der Waals surface area contributed by atoms with Gasteiger partial charge in [0.05, 0.1) is 0 Å². The molecule has 88 valence electrons. The summed E-state index contributed by atoms with van der Waals surface area (Å²) in [6.07, 6.45) is 5.92. The van der Waals surface area contributed by atoms with E-state index in [2.05, 4.69) is 15.3 Å². The fourth-order valence-corrected chi connectivity index (χ4v) is 2.13. The molecule has 0 amide bonds. The van der Waals surface area contributed by atoms with Gasteiger partial charge in [-0.2, -0.15) is 0 Å². The summed E-state index contributed by atoms with van der Waals surface area (Å²) in [5, 5.41) is 4.37. The molecular formula is C11H17N3OS. The lowest BCUT2D eigenvalue weighted by atomic mass is 10.0. The first kappa shape index (κ1) is 11.7. The Labute approximate surface area is 100 Å². The number of hydrogen-bond acceptors (Lipinski definition) is 5. The van der Waals surface area contributed by atoms with Crippen molar-refractivity contribution in [3.63, 3.8) is 0 Å². The summed E-state index contributed by atoms with van der Waals surface area (Å²) in [4.78, 5) is 8.35. The predicted molar refractivity (Wildman–Crippen MR) is 65.8 cm³/mol. The molecule has 0 unspecified atom stereocenters. The van der Waals surface area contributed by atoms with Crippen LogP contribution in [0.15, 0.2) is 17.4 Å². The highest BCUT2D eigenvalue weighted by Gasteiger charge is 2.13. The summed E-state index contributed by atoms with van der Waals surface area (Å²) in [5.74, 6) is 1.63. The van der Waals surface area contributed by atoms with Crippen molar-refractivity contribution < 1.29 is 4.74 Å². The van der Waals surface area contributed by atoms with Gasteiger partial charge in [-0.15, -0.1) is 11.8 Å². The molecule has 0 aromatic carbocycles. The number of nitrogens with one attached hydrogen (secondary N) is 1. The van der Waals surface area contributed by atoms with Gasteiger partial charge >= 0.3 is 0 Å². The van der Waals surface area contributed by atoms with Crippen molar-refractivity contribution in [3.05, 3.63) is 12.4 Å². The molecule has 1 fully saturated rings. The lowest BCUT2D eigenvalue weighted by Crippen LogP contribution is -2.22. The fourth-order valence-electron chi connectivity index (χ4n) is 1.75. The van der Waals surface area contributed by atoms with Crippen molar-refractivity contribution in [1.82, 2.24) is 9.97 Å². The Hall–Kier alpha value is -0.810. The van der Waals surface area contributed by atoms with Crippen molar-refractivity contribution in [2.75, 3.05) is 31.3 Å². The molecule has 0 bridgehead atoms. The van der Waals surface area contributed by atoms with Gasteiger partial charge in [0.2, 0.25) is 0 Å². The molecule has 4 nitrogen and oxygen atoms in total. The fraction of sp³-hybridized carbons (Fsp3) is 0.636. The molecule has 0 aliphatic carbocycles. The van der Waals surface area contributed by atoms with E-state index in [4.69, 9.17) is 4.74 Å². The summed E-state index contributed by atoms with van der Waals surface area (Å²) in [7, 11) is 0. The predicted octanol–water partition coefficient (Wildman–Crippen LogP) is 2.04. The summed E-state index contributed by atoms with van der Waals surface area (Å²) in [6, 6.07) is 1.99. The van der Waals surface area contributed by atoms with E-state index >= 15 is 0 Å². The number of nitrogens with zero attached hydrogens (tertiary/aromatic N) is 2. The number of hydrogen-bond donors (Lipinski definition) is 1. The van der Waals surface area contributed by atoms with Gasteiger partial charge in [0.1, 0.15) is 17.2 Å². The van der Waals surface area contributed by atoms with Crippen LogP contribution < -0.4 is 5.32 Å². The highest BCUT2D eigenvalue weighted by molar-refractivity contribution is 7.98. The average molecular weight is 239 g/mol. The number of aromatic nitrogens is 2. The lowest BCUT2D eigenvalue weighted by molar-refractivity contribution is 0.0699. The first-order chi connectivity index (χ1) is 7.88. The second-order valence-corrected chi connectivity index (χ2v) is 4.71. The third kappa shape index (κ3) is 3.35. The smallest absolute Gasteiger partial charge is 0.130 e. The van der Waals surface area contributed by atoms with E-state index < -0.39 is 0 Å². The molecule has 0 saturated carbocycles. The number of rotatable bonds is 4. The van der Waals surface area contributed by atoms with Gasteiger partial charge in [-0.25, -0.2) is 9.97 Å². The molecular weight excluding hydrogens is 222 g/mol. The zero-order chi connectivity index (χ0) is 11.2. The van der Waals surface area contributed by atoms with Crippen molar-refractivity contribution in [3.8, 4) is 0 Å². The minimum Gasteiger partial charge on any atom is -0.381 e. The molecule has 2 rings (SSSR count). The quantitative estimate of drug-likeness (QED) is 0.643. The average Bonchev–Trinajstić information content (AvgIpc) is 2.38. The van der Waals surface area contributed by atoms with Crippen LogP contribution in [0.5, 0.6) is 0 Å². The second kappa shape index (κ2) is 6.06. The van der Waals surface area contributed by atoms with Crippen LogP contribution in [0.3, 0.4) is 0 Å². The van der Waals surface area contributed by atoms with Gasteiger partial charge in [-0.05, 0) is 25.0 Å². The minimum atomic E-state index is 0.710.